The van der Waals surface area contributed by atoms with Crippen molar-refractivity contribution < 1.29 is 9.90 Å². The van der Waals surface area contributed by atoms with Crippen LogP contribution in [0.25, 0.3) is 0 Å². The third-order valence-corrected chi connectivity index (χ3v) is 5.27. The molecule has 0 heterocycles. The Labute approximate surface area is 140 Å². The molecule has 1 fully saturated rings. The van der Waals surface area contributed by atoms with Crippen LogP contribution in [0, 0.1) is 17.3 Å². The summed E-state index contributed by atoms with van der Waals surface area (Å²) in [5.41, 5.74) is 1.14. The molecule has 1 aliphatic carbocycles. The van der Waals surface area contributed by atoms with Gasteiger partial charge in [-0.1, -0.05) is 45.7 Å². The first kappa shape index (κ1) is 17.8. The quantitative estimate of drug-likeness (QED) is 0.818. The second-order valence-corrected chi connectivity index (χ2v) is 7.87. The molecule has 3 nitrogen and oxygen atoms in total. The molecule has 2 N–H and O–H groups in total. The van der Waals surface area contributed by atoms with E-state index in [-0.39, 0.29) is 29.0 Å². The van der Waals surface area contributed by atoms with Crippen molar-refractivity contribution in [1.82, 2.24) is 5.32 Å². The minimum absolute atomic E-state index is 0.0340. The van der Waals surface area contributed by atoms with Crippen LogP contribution in [0.5, 0.6) is 5.75 Å². The molecule has 3 atom stereocenters. The van der Waals surface area contributed by atoms with Gasteiger partial charge in [-0.25, -0.2) is 0 Å². The Morgan fingerprint density at radius 1 is 1.26 bits per heavy atom. The Kier molecular flexibility index (Phi) is 5.72. The molecule has 0 radical (unpaired) electrons. The summed E-state index contributed by atoms with van der Waals surface area (Å²) in [6.07, 6.45) is 5.65. The molecule has 0 aliphatic heterocycles. The molecule has 128 valence electrons. The van der Waals surface area contributed by atoms with Gasteiger partial charge < -0.3 is 10.4 Å². The first-order valence-electron chi connectivity index (χ1n) is 8.91. The Hall–Kier alpha value is -1.51. The van der Waals surface area contributed by atoms with Crippen LogP contribution in [0.15, 0.2) is 24.3 Å². The molecule has 1 aromatic rings. The van der Waals surface area contributed by atoms with Gasteiger partial charge in [0.2, 0.25) is 5.91 Å². The fourth-order valence-corrected chi connectivity index (χ4v) is 4.18. The van der Waals surface area contributed by atoms with Gasteiger partial charge in [0.15, 0.2) is 0 Å². The number of aromatic hydroxyl groups is 1. The highest BCUT2D eigenvalue weighted by Crippen LogP contribution is 2.45. The summed E-state index contributed by atoms with van der Waals surface area (Å²) in [7, 11) is 0. The molecule has 1 amide bonds. The van der Waals surface area contributed by atoms with E-state index in [1.54, 1.807) is 12.1 Å². The van der Waals surface area contributed by atoms with Gasteiger partial charge in [-0.2, -0.15) is 0 Å². The molecule has 0 aromatic heterocycles. The summed E-state index contributed by atoms with van der Waals surface area (Å²) >= 11 is 0. The van der Waals surface area contributed by atoms with Crippen LogP contribution in [0.1, 0.15) is 71.4 Å². The summed E-state index contributed by atoms with van der Waals surface area (Å²) in [5.74, 6) is 1.17. The van der Waals surface area contributed by atoms with Crippen molar-refractivity contribution >= 4 is 5.91 Å². The van der Waals surface area contributed by atoms with Crippen LogP contribution in [-0.2, 0) is 4.79 Å². The maximum Gasteiger partial charge on any atom is 0.224 e. The van der Waals surface area contributed by atoms with Crippen molar-refractivity contribution in [2.75, 3.05) is 0 Å². The number of hydrogen-bond donors (Lipinski definition) is 2. The van der Waals surface area contributed by atoms with E-state index in [1.165, 1.54) is 6.42 Å². The second kappa shape index (κ2) is 7.37. The lowest BCUT2D eigenvalue weighted by atomic mass is 9.63. The van der Waals surface area contributed by atoms with Gasteiger partial charge in [-0.15, -0.1) is 0 Å². The fourth-order valence-electron chi connectivity index (χ4n) is 4.18. The largest absolute Gasteiger partial charge is 0.508 e. The number of hydrogen-bond acceptors (Lipinski definition) is 2. The Morgan fingerprint density at radius 2 is 1.91 bits per heavy atom. The zero-order chi connectivity index (χ0) is 17.0. The molecule has 1 aromatic carbocycles. The number of carbonyl (C=O) groups is 1. The Bertz CT molecular complexity index is 523. The van der Waals surface area contributed by atoms with Crippen LogP contribution in [0.2, 0.25) is 0 Å². The van der Waals surface area contributed by atoms with Gasteiger partial charge in [0.05, 0.1) is 6.04 Å². The van der Waals surface area contributed by atoms with Crippen molar-refractivity contribution in [3.63, 3.8) is 0 Å². The van der Waals surface area contributed by atoms with Gasteiger partial charge in [-0.3, -0.25) is 4.79 Å². The number of benzene rings is 1. The van der Waals surface area contributed by atoms with Gasteiger partial charge in [0.1, 0.15) is 5.75 Å². The molecule has 2 rings (SSSR count). The van der Waals surface area contributed by atoms with Crippen LogP contribution in [0.3, 0.4) is 0 Å². The van der Waals surface area contributed by atoms with Crippen molar-refractivity contribution in [2.24, 2.45) is 17.3 Å². The van der Waals surface area contributed by atoms with Crippen molar-refractivity contribution in [2.45, 2.75) is 65.8 Å². The molecule has 1 aliphatic rings. The molecular weight excluding hydrogens is 286 g/mol. The lowest BCUT2D eigenvalue weighted by Crippen LogP contribution is -2.43. The van der Waals surface area contributed by atoms with E-state index < -0.39 is 0 Å². The normalized spacial score (nSPS) is 26.0. The highest BCUT2D eigenvalue weighted by molar-refractivity contribution is 5.80. The van der Waals surface area contributed by atoms with E-state index in [0.717, 1.165) is 31.2 Å². The molecule has 3 heteroatoms. The van der Waals surface area contributed by atoms with Crippen molar-refractivity contribution in [1.29, 1.82) is 0 Å². The smallest absolute Gasteiger partial charge is 0.224 e. The van der Waals surface area contributed by atoms with E-state index >= 15 is 0 Å². The summed E-state index contributed by atoms with van der Waals surface area (Å²) < 4.78 is 0. The third kappa shape index (κ3) is 4.49. The van der Waals surface area contributed by atoms with E-state index in [4.69, 9.17) is 0 Å². The topological polar surface area (TPSA) is 49.3 Å². The summed E-state index contributed by atoms with van der Waals surface area (Å²) in [4.78, 5) is 12.9. The average molecular weight is 317 g/mol. The SMILES string of the molecule is CC(C)CC1(C)CCCCC1C(=O)NC(C)c1ccc(O)cc1. The van der Waals surface area contributed by atoms with Crippen molar-refractivity contribution in [3.05, 3.63) is 29.8 Å². The highest BCUT2D eigenvalue weighted by Gasteiger charge is 2.41. The maximum absolute atomic E-state index is 12.9. The second-order valence-electron chi connectivity index (χ2n) is 7.87. The van der Waals surface area contributed by atoms with Gasteiger partial charge in [-0.05, 0) is 55.2 Å². The van der Waals surface area contributed by atoms with Crippen molar-refractivity contribution in [3.8, 4) is 5.75 Å². The van der Waals surface area contributed by atoms with Gasteiger partial charge >= 0.3 is 0 Å². The molecule has 0 bridgehead atoms. The molecule has 0 spiro atoms. The standard InChI is InChI=1S/C20H31NO2/c1-14(2)13-20(4)12-6-5-7-18(20)19(23)21-15(3)16-8-10-17(22)11-9-16/h8-11,14-15,18,22H,5-7,12-13H2,1-4H3,(H,21,23). The van der Waals surface area contributed by atoms with E-state index in [9.17, 15) is 9.90 Å². The summed E-state index contributed by atoms with van der Waals surface area (Å²) in [6.45, 7) is 8.79. The lowest BCUT2D eigenvalue weighted by molar-refractivity contribution is -0.132. The number of phenols is 1. The third-order valence-electron chi connectivity index (χ3n) is 5.27. The first-order chi connectivity index (χ1) is 10.8. The first-order valence-corrected chi connectivity index (χ1v) is 8.91. The van der Waals surface area contributed by atoms with E-state index in [0.29, 0.717) is 5.92 Å². The zero-order valence-electron chi connectivity index (χ0n) is 14.9. The lowest BCUT2D eigenvalue weighted by Gasteiger charge is -2.42. The Morgan fingerprint density at radius 3 is 2.52 bits per heavy atom. The van der Waals surface area contributed by atoms with Crippen LogP contribution in [0.4, 0.5) is 0 Å². The number of rotatable bonds is 5. The zero-order valence-corrected chi connectivity index (χ0v) is 14.9. The average Bonchev–Trinajstić information content (AvgIpc) is 2.46. The van der Waals surface area contributed by atoms with Gasteiger partial charge in [0, 0.05) is 5.92 Å². The van der Waals surface area contributed by atoms with Gasteiger partial charge in [0.25, 0.3) is 0 Å². The maximum atomic E-state index is 12.9. The minimum Gasteiger partial charge on any atom is -0.508 e. The molecular formula is C20H31NO2. The molecule has 3 unspecified atom stereocenters. The van der Waals surface area contributed by atoms with Crippen LogP contribution in [-0.4, -0.2) is 11.0 Å². The van der Waals surface area contributed by atoms with Crippen LogP contribution < -0.4 is 5.32 Å². The number of nitrogens with one attached hydrogen (secondary N) is 1. The highest BCUT2D eigenvalue weighted by atomic mass is 16.3. The predicted molar refractivity (Wildman–Crippen MR) is 94.2 cm³/mol. The molecule has 0 saturated heterocycles. The minimum atomic E-state index is -0.0340. The summed E-state index contributed by atoms with van der Waals surface area (Å²) in [6, 6.07) is 7.04. The molecule has 1 saturated carbocycles. The van der Waals surface area contributed by atoms with E-state index in [2.05, 4.69) is 26.1 Å². The Balaban J connectivity index is 2.06. The predicted octanol–water partition coefficient (Wildman–Crippen LogP) is 4.81. The monoisotopic (exact) mass is 317 g/mol. The van der Waals surface area contributed by atoms with Crippen LogP contribution >= 0.6 is 0 Å². The fraction of sp³-hybridized carbons (Fsp3) is 0.650. The summed E-state index contributed by atoms with van der Waals surface area (Å²) in [5, 5.41) is 12.6. The molecule has 23 heavy (non-hydrogen) atoms. The number of phenolic OH excluding ortho intramolecular Hbond substituents is 1. The number of carbonyl (C=O) groups excluding carboxylic acids is 1. The number of amides is 1. The van der Waals surface area contributed by atoms with E-state index in [1.807, 2.05) is 19.1 Å².